The van der Waals surface area contributed by atoms with Gasteiger partial charge in [-0.3, -0.25) is 0 Å². The molecule has 1 aliphatic heterocycles. The molecule has 0 radical (unpaired) electrons. The zero-order chi connectivity index (χ0) is 12.1. The first-order valence-electron chi connectivity index (χ1n) is 6.45. The van der Waals surface area contributed by atoms with Gasteiger partial charge in [0.05, 0.1) is 11.6 Å². The van der Waals surface area contributed by atoms with Crippen LogP contribution in [0.1, 0.15) is 36.8 Å². The first-order valence-corrected chi connectivity index (χ1v) is 6.83. The Bertz CT molecular complexity index is 379. The SMILES string of the molecule is NCCCCc1cc(Cl)c2c(c1)CCCCO2. The predicted octanol–water partition coefficient (Wildman–Crippen LogP) is 3.34. The lowest BCUT2D eigenvalue weighted by molar-refractivity contribution is 0.317. The van der Waals surface area contributed by atoms with E-state index < -0.39 is 0 Å². The molecule has 0 aliphatic carbocycles. The van der Waals surface area contributed by atoms with Gasteiger partial charge >= 0.3 is 0 Å². The van der Waals surface area contributed by atoms with Crippen molar-refractivity contribution in [3.05, 3.63) is 28.3 Å². The van der Waals surface area contributed by atoms with Crippen LogP contribution in [0.15, 0.2) is 12.1 Å². The van der Waals surface area contributed by atoms with Crippen LogP contribution in [0.4, 0.5) is 0 Å². The standard InChI is InChI=1S/C14H20ClNO/c15-13-10-11(5-1-3-7-16)9-12-6-2-4-8-17-14(12)13/h9-10H,1-8,16H2. The van der Waals surface area contributed by atoms with E-state index in [2.05, 4.69) is 6.07 Å². The molecule has 0 atom stereocenters. The molecule has 1 aromatic carbocycles. The van der Waals surface area contributed by atoms with Crippen LogP contribution in [0.5, 0.6) is 5.75 Å². The maximum atomic E-state index is 6.28. The Morgan fingerprint density at radius 3 is 2.94 bits per heavy atom. The summed E-state index contributed by atoms with van der Waals surface area (Å²) in [7, 11) is 0. The number of benzene rings is 1. The Hall–Kier alpha value is -0.730. The quantitative estimate of drug-likeness (QED) is 0.836. The highest BCUT2D eigenvalue weighted by Gasteiger charge is 2.13. The molecular formula is C14H20ClNO. The zero-order valence-electron chi connectivity index (χ0n) is 10.2. The van der Waals surface area contributed by atoms with Gasteiger partial charge in [-0.05, 0) is 62.3 Å². The maximum absolute atomic E-state index is 6.28. The number of rotatable bonds is 4. The minimum Gasteiger partial charge on any atom is -0.492 e. The van der Waals surface area contributed by atoms with Crippen molar-refractivity contribution in [3.8, 4) is 5.75 Å². The molecule has 1 heterocycles. The van der Waals surface area contributed by atoms with Crippen molar-refractivity contribution in [3.63, 3.8) is 0 Å². The topological polar surface area (TPSA) is 35.2 Å². The van der Waals surface area contributed by atoms with Crippen molar-refractivity contribution >= 4 is 11.6 Å². The fourth-order valence-corrected chi connectivity index (χ4v) is 2.59. The fourth-order valence-electron chi connectivity index (χ4n) is 2.27. The monoisotopic (exact) mass is 253 g/mol. The van der Waals surface area contributed by atoms with E-state index in [9.17, 15) is 0 Å². The molecule has 2 nitrogen and oxygen atoms in total. The summed E-state index contributed by atoms with van der Waals surface area (Å²) in [6, 6.07) is 4.30. The number of hydrogen-bond acceptors (Lipinski definition) is 2. The summed E-state index contributed by atoms with van der Waals surface area (Å²) in [5.41, 5.74) is 8.10. The van der Waals surface area contributed by atoms with E-state index in [1.54, 1.807) is 0 Å². The molecule has 0 saturated heterocycles. The molecule has 0 bridgehead atoms. The third-order valence-electron chi connectivity index (χ3n) is 3.19. The summed E-state index contributed by atoms with van der Waals surface area (Å²) < 4.78 is 5.71. The van der Waals surface area contributed by atoms with Crippen LogP contribution in [0.2, 0.25) is 5.02 Å². The van der Waals surface area contributed by atoms with Gasteiger partial charge in [-0.2, -0.15) is 0 Å². The number of nitrogens with two attached hydrogens (primary N) is 1. The van der Waals surface area contributed by atoms with Crippen LogP contribution in [0.25, 0.3) is 0 Å². The smallest absolute Gasteiger partial charge is 0.141 e. The number of ether oxygens (including phenoxy) is 1. The van der Waals surface area contributed by atoms with Gasteiger partial charge in [0.15, 0.2) is 0 Å². The lowest BCUT2D eigenvalue weighted by Crippen LogP contribution is -2.00. The Morgan fingerprint density at radius 1 is 1.24 bits per heavy atom. The highest BCUT2D eigenvalue weighted by atomic mass is 35.5. The first kappa shape index (κ1) is 12.7. The van der Waals surface area contributed by atoms with Crippen molar-refractivity contribution < 1.29 is 4.74 Å². The van der Waals surface area contributed by atoms with Gasteiger partial charge in [-0.1, -0.05) is 17.7 Å². The van der Waals surface area contributed by atoms with Crippen molar-refractivity contribution in [1.82, 2.24) is 0 Å². The van der Waals surface area contributed by atoms with Crippen molar-refractivity contribution in [2.45, 2.75) is 38.5 Å². The highest BCUT2D eigenvalue weighted by molar-refractivity contribution is 6.32. The van der Waals surface area contributed by atoms with E-state index in [0.717, 1.165) is 56.0 Å². The fraction of sp³-hybridized carbons (Fsp3) is 0.571. The first-order chi connectivity index (χ1) is 8.31. The van der Waals surface area contributed by atoms with E-state index in [-0.39, 0.29) is 0 Å². The number of halogens is 1. The molecule has 2 rings (SSSR count). The Labute approximate surface area is 108 Å². The van der Waals surface area contributed by atoms with E-state index in [1.807, 2.05) is 6.07 Å². The Morgan fingerprint density at radius 2 is 2.12 bits per heavy atom. The predicted molar refractivity (Wildman–Crippen MR) is 71.9 cm³/mol. The van der Waals surface area contributed by atoms with Crippen molar-refractivity contribution in [2.75, 3.05) is 13.2 Å². The van der Waals surface area contributed by atoms with Gasteiger partial charge in [-0.15, -0.1) is 0 Å². The third-order valence-corrected chi connectivity index (χ3v) is 3.47. The molecule has 17 heavy (non-hydrogen) atoms. The van der Waals surface area contributed by atoms with E-state index in [4.69, 9.17) is 22.1 Å². The van der Waals surface area contributed by atoms with Crippen molar-refractivity contribution in [1.29, 1.82) is 0 Å². The molecule has 0 fully saturated rings. The number of aryl methyl sites for hydroxylation is 2. The van der Waals surface area contributed by atoms with E-state index in [1.165, 1.54) is 17.5 Å². The minimum atomic E-state index is 0.766. The van der Waals surface area contributed by atoms with Crippen LogP contribution >= 0.6 is 11.6 Å². The summed E-state index contributed by atoms with van der Waals surface area (Å²) in [5.74, 6) is 0.909. The minimum absolute atomic E-state index is 0.766. The lowest BCUT2D eigenvalue weighted by atomic mass is 10.0. The summed E-state index contributed by atoms with van der Waals surface area (Å²) in [6.45, 7) is 1.56. The number of hydrogen-bond donors (Lipinski definition) is 1. The molecule has 1 aromatic rings. The molecule has 94 valence electrons. The lowest BCUT2D eigenvalue weighted by Gasteiger charge is -2.11. The molecule has 0 aromatic heterocycles. The Balaban J connectivity index is 2.14. The second kappa shape index (κ2) is 6.27. The van der Waals surface area contributed by atoms with Gasteiger partial charge < -0.3 is 10.5 Å². The molecule has 1 aliphatic rings. The molecular weight excluding hydrogens is 234 g/mol. The molecule has 0 amide bonds. The van der Waals surface area contributed by atoms with Crippen LogP contribution in [0, 0.1) is 0 Å². The Kier molecular flexibility index (Phi) is 4.69. The van der Waals surface area contributed by atoms with Gasteiger partial charge in [-0.25, -0.2) is 0 Å². The van der Waals surface area contributed by atoms with Gasteiger partial charge in [0.1, 0.15) is 5.75 Å². The van der Waals surface area contributed by atoms with E-state index >= 15 is 0 Å². The second-order valence-electron chi connectivity index (χ2n) is 4.62. The normalized spacial score (nSPS) is 14.9. The number of unbranched alkanes of at least 4 members (excludes halogenated alkanes) is 1. The van der Waals surface area contributed by atoms with Crippen LogP contribution in [-0.4, -0.2) is 13.2 Å². The number of fused-ring (bicyclic) bond motifs is 1. The molecule has 0 unspecified atom stereocenters. The largest absolute Gasteiger partial charge is 0.492 e. The summed E-state index contributed by atoms with van der Waals surface area (Å²) in [4.78, 5) is 0. The maximum Gasteiger partial charge on any atom is 0.141 e. The molecule has 2 N–H and O–H groups in total. The average Bonchev–Trinajstić information content (AvgIpc) is 2.55. The van der Waals surface area contributed by atoms with Gasteiger partial charge in [0.2, 0.25) is 0 Å². The van der Waals surface area contributed by atoms with Crippen LogP contribution < -0.4 is 10.5 Å². The summed E-state index contributed by atoms with van der Waals surface area (Å²) in [5, 5.41) is 0.771. The van der Waals surface area contributed by atoms with E-state index in [0.29, 0.717) is 0 Å². The zero-order valence-corrected chi connectivity index (χ0v) is 10.9. The van der Waals surface area contributed by atoms with Crippen LogP contribution in [-0.2, 0) is 12.8 Å². The molecule has 0 saturated carbocycles. The highest BCUT2D eigenvalue weighted by Crippen LogP contribution is 2.33. The van der Waals surface area contributed by atoms with Crippen molar-refractivity contribution in [2.24, 2.45) is 5.73 Å². The average molecular weight is 254 g/mol. The molecule has 3 heteroatoms. The van der Waals surface area contributed by atoms with Gasteiger partial charge in [0.25, 0.3) is 0 Å². The third kappa shape index (κ3) is 3.36. The summed E-state index contributed by atoms with van der Waals surface area (Å²) in [6.07, 6.45) is 6.66. The van der Waals surface area contributed by atoms with Gasteiger partial charge in [0, 0.05) is 0 Å². The summed E-state index contributed by atoms with van der Waals surface area (Å²) >= 11 is 6.28. The van der Waals surface area contributed by atoms with Crippen LogP contribution in [0.3, 0.4) is 0 Å². The molecule has 0 spiro atoms. The second-order valence-corrected chi connectivity index (χ2v) is 5.02.